The maximum absolute atomic E-state index is 11.6. The molecule has 0 bridgehead atoms. The summed E-state index contributed by atoms with van der Waals surface area (Å²) in [5.74, 6) is 0.318. The van der Waals surface area contributed by atoms with Gasteiger partial charge in [0.1, 0.15) is 0 Å². The number of anilines is 1. The summed E-state index contributed by atoms with van der Waals surface area (Å²) in [6.45, 7) is 4.18. The van der Waals surface area contributed by atoms with E-state index in [-0.39, 0.29) is 0 Å². The zero-order valence-corrected chi connectivity index (χ0v) is 14.3. The van der Waals surface area contributed by atoms with Crippen molar-refractivity contribution in [1.82, 2.24) is 0 Å². The fourth-order valence-corrected chi connectivity index (χ4v) is 3.19. The Hall–Kier alpha value is -2.34. The maximum atomic E-state index is 11.6. The van der Waals surface area contributed by atoms with Crippen molar-refractivity contribution < 1.29 is 8.42 Å². The van der Waals surface area contributed by atoms with E-state index in [4.69, 9.17) is 5.73 Å². The van der Waals surface area contributed by atoms with Crippen molar-refractivity contribution in [2.75, 3.05) is 11.6 Å². The first-order chi connectivity index (χ1) is 10.8. The molecular weight excluding hydrogens is 310 g/mol. The van der Waals surface area contributed by atoms with Crippen molar-refractivity contribution in [3.05, 3.63) is 59.2 Å². The summed E-state index contributed by atoms with van der Waals surface area (Å²) in [6, 6.07) is 13.0. The van der Waals surface area contributed by atoms with Gasteiger partial charge in [-0.1, -0.05) is 29.8 Å². The highest BCUT2D eigenvalue weighted by molar-refractivity contribution is 7.90. The van der Waals surface area contributed by atoms with Crippen molar-refractivity contribution >= 4 is 21.5 Å². The molecule has 0 aliphatic rings. The number of aryl methyl sites for hydroxylation is 2. The van der Waals surface area contributed by atoms with Gasteiger partial charge in [0.15, 0.2) is 15.8 Å². The zero-order valence-electron chi connectivity index (χ0n) is 13.5. The third-order valence-corrected chi connectivity index (χ3v) is 4.65. The van der Waals surface area contributed by atoms with Crippen molar-refractivity contribution in [3.8, 4) is 0 Å². The molecule has 0 radical (unpaired) electrons. The number of benzene rings is 2. The fraction of sp³-hybridized carbons (Fsp3) is 0.235. The van der Waals surface area contributed by atoms with Crippen LogP contribution in [0.2, 0.25) is 0 Å². The lowest BCUT2D eigenvalue weighted by Crippen LogP contribution is -2.22. The second-order valence-electron chi connectivity index (χ2n) is 5.56. The van der Waals surface area contributed by atoms with Crippen LogP contribution in [0, 0.1) is 13.8 Å². The molecule has 0 aliphatic carbocycles. The number of nitrogens with one attached hydrogen (secondary N) is 1. The summed E-state index contributed by atoms with van der Waals surface area (Å²) in [4.78, 5) is 4.62. The van der Waals surface area contributed by atoms with E-state index in [2.05, 4.69) is 10.3 Å². The van der Waals surface area contributed by atoms with Gasteiger partial charge in [0.25, 0.3) is 0 Å². The molecular formula is C17H21N3O2S. The second kappa shape index (κ2) is 6.83. The van der Waals surface area contributed by atoms with Crippen LogP contribution in [0.25, 0.3) is 0 Å². The topological polar surface area (TPSA) is 84.5 Å². The molecule has 23 heavy (non-hydrogen) atoms. The Kier molecular flexibility index (Phi) is 5.05. The Morgan fingerprint density at radius 3 is 2.35 bits per heavy atom. The molecule has 0 spiro atoms. The number of sulfone groups is 1. The second-order valence-corrected chi connectivity index (χ2v) is 7.55. The average molecular weight is 331 g/mol. The normalized spacial score (nSPS) is 12.2. The quantitative estimate of drug-likeness (QED) is 0.666. The molecule has 0 unspecified atom stereocenters. The van der Waals surface area contributed by atoms with E-state index in [0.717, 1.165) is 11.3 Å². The molecule has 2 aromatic carbocycles. The lowest BCUT2D eigenvalue weighted by molar-refractivity contribution is 0.601. The van der Waals surface area contributed by atoms with E-state index in [1.807, 2.05) is 37.3 Å². The van der Waals surface area contributed by atoms with Crippen LogP contribution in [0.4, 0.5) is 5.69 Å². The summed E-state index contributed by atoms with van der Waals surface area (Å²) in [7, 11) is -3.20. The monoisotopic (exact) mass is 331 g/mol. The molecule has 0 amide bonds. The lowest BCUT2D eigenvalue weighted by atomic mass is 10.1. The molecule has 2 aromatic rings. The third-order valence-electron chi connectivity index (χ3n) is 3.39. The molecule has 0 atom stereocenters. The largest absolute Gasteiger partial charge is 0.370 e. The van der Waals surface area contributed by atoms with Crippen LogP contribution in [0.15, 0.2) is 52.4 Å². The highest BCUT2D eigenvalue weighted by Gasteiger charge is 2.10. The van der Waals surface area contributed by atoms with Gasteiger partial charge < -0.3 is 11.1 Å². The van der Waals surface area contributed by atoms with Crippen LogP contribution >= 0.6 is 0 Å². The zero-order chi connectivity index (χ0) is 17.0. The van der Waals surface area contributed by atoms with Gasteiger partial charge in [-0.25, -0.2) is 13.4 Å². The average Bonchev–Trinajstić information content (AvgIpc) is 2.46. The first kappa shape index (κ1) is 17.0. The number of nitrogens with zero attached hydrogens (tertiary/aromatic N) is 1. The molecule has 0 aliphatic heterocycles. The number of aliphatic imine (C=N–C) groups is 1. The SMILES string of the molecule is Cc1ccc(NC(N)=NCc2ccc(S(C)(=O)=O)c(C)c2)cc1. The van der Waals surface area contributed by atoms with Gasteiger partial charge in [0.2, 0.25) is 0 Å². The Morgan fingerprint density at radius 1 is 1.13 bits per heavy atom. The van der Waals surface area contributed by atoms with E-state index in [9.17, 15) is 8.42 Å². The molecule has 3 N–H and O–H groups in total. The number of guanidine groups is 1. The van der Waals surface area contributed by atoms with E-state index in [1.165, 1.54) is 11.8 Å². The van der Waals surface area contributed by atoms with Gasteiger partial charge in [-0.15, -0.1) is 0 Å². The molecule has 0 fully saturated rings. The Bertz CT molecular complexity index is 825. The van der Waals surface area contributed by atoms with Crippen LogP contribution in [-0.4, -0.2) is 20.6 Å². The number of hydrogen-bond acceptors (Lipinski definition) is 3. The van der Waals surface area contributed by atoms with Gasteiger partial charge in [0.05, 0.1) is 11.4 Å². The van der Waals surface area contributed by atoms with Crippen LogP contribution in [-0.2, 0) is 16.4 Å². The molecule has 0 aromatic heterocycles. The predicted octanol–water partition coefficient (Wildman–Crippen LogP) is 2.63. The molecule has 2 rings (SSSR count). The van der Waals surface area contributed by atoms with Crippen molar-refractivity contribution in [2.24, 2.45) is 10.7 Å². The standard InChI is InChI=1S/C17H21N3O2S/c1-12-4-7-15(8-5-12)20-17(18)19-11-14-6-9-16(13(2)10-14)23(3,21)22/h4-10H,11H2,1-3H3,(H3,18,19,20). The van der Waals surface area contributed by atoms with Gasteiger partial charge in [0, 0.05) is 11.9 Å². The minimum absolute atomic E-state index is 0.318. The summed E-state index contributed by atoms with van der Waals surface area (Å²) in [5, 5.41) is 3.02. The number of rotatable bonds is 4. The van der Waals surface area contributed by atoms with Gasteiger partial charge in [-0.3, -0.25) is 0 Å². The summed E-state index contributed by atoms with van der Waals surface area (Å²) >= 11 is 0. The number of nitrogens with two attached hydrogens (primary N) is 1. The summed E-state index contributed by atoms with van der Waals surface area (Å²) in [5.41, 5.74) is 9.54. The van der Waals surface area contributed by atoms with Gasteiger partial charge in [-0.2, -0.15) is 0 Å². The Balaban J connectivity index is 2.07. The minimum atomic E-state index is -3.20. The molecule has 0 heterocycles. The molecule has 0 saturated carbocycles. The van der Waals surface area contributed by atoms with E-state index < -0.39 is 9.84 Å². The smallest absolute Gasteiger partial charge is 0.193 e. The predicted molar refractivity (Wildman–Crippen MR) is 94.4 cm³/mol. The van der Waals surface area contributed by atoms with Crippen LogP contribution in [0.3, 0.4) is 0 Å². The van der Waals surface area contributed by atoms with Gasteiger partial charge >= 0.3 is 0 Å². The third kappa shape index (κ3) is 4.82. The summed E-state index contributed by atoms with van der Waals surface area (Å²) in [6.07, 6.45) is 1.21. The first-order valence-electron chi connectivity index (χ1n) is 7.19. The fourth-order valence-electron chi connectivity index (χ4n) is 2.23. The maximum Gasteiger partial charge on any atom is 0.193 e. The Labute approximate surface area is 137 Å². The minimum Gasteiger partial charge on any atom is -0.370 e. The Morgan fingerprint density at radius 2 is 1.78 bits per heavy atom. The highest BCUT2D eigenvalue weighted by Crippen LogP contribution is 2.17. The van der Waals surface area contributed by atoms with Crippen molar-refractivity contribution in [2.45, 2.75) is 25.3 Å². The first-order valence-corrected chi connectivity index (χ1v) is 9.08. The van der Waals surface area contributed by atoms with Crippen LogP contribution in [0.5, 0.6) is 0 Å². The van der Waals surface area contributed by atoms with E-state index in [0.29, 0.717) is 23.0 Å². The van der Waals surface area contributed by atoms with Crippen molar-refractivity contribution in [3.63, 3.8) is 0 Å². The van der Waals surface area contributed by atoms with Crippen molar-refractivity contribution in [1.29, 1.82) is 0 Å². The molecule has 122 valence electrons. The number of hydrogen-bond donors (Lipinski definition) is 2. The van der Waals surface area contributed by atoms with Crippen LogP contribution < -0.4 is 11.1 Å². The van der Waals surface area contributed by atoms with Gasteiger partial charge in [-0.05, 0) is 43.2 Å². The molecule has 6 heteroatoms. The highest BCUT2D eigenvalue weighted by atomic mass is 32.2. The van der Waals surface area contributed by atoms with Crippen LogP contribution in [0.1, 0.15) is 16.7 Å². The van der Waals surface area contributed by atoms with E-state index >= 15 is 0 Å². The lowest BCUT2D eigenvalue weighted by Gasteiger charge is -2.08. The van der Waals surface area contributed by atoms with E-state index in [1.54, 1.807) is 19.1 Å². The molecule has 0 saturated heterocycles. The molecule has 5 nitrogen and oxygen atoms in total. The summed E-state index contributed by atoms with van der Waals surface area (Å²) < 4.78 is 23.2.